The molecule has 0 fully saturated rings. The molecule has 3 N–H and O–H groups in total. The topological polar surface area (TPSA) is 105 Å². The maximum atomic E-state index is 12.1. The molecule has 0 saturated carbocycles. The fourth-order valence-electron chi connectivity index (χ4n) is 4.27. The first kappa shape index (κ1) is 26.2. The van der Waals surface area contributed by atoms with Gasteiger partial charge in [-0.05, 0) is 56.9 Å². The molecule has 0 radical (unpaired) electrons. The van der Waals surface area contributed by atoms with Gasteiger partial charge in [-0.1, -0.05) is 32.6 Å². The maximum absolute atomic E-state index is 12.1. The number of aromatic amines is 1. The third-order valence-electron chi connectivity index (χ3n) is 6.05. The molecule has 3 aromatic heterocycles. The number of nitrogens with one attached hydrogen (secondary N) is 2. The van der Waals surface area contributed by atoms with Crippen LogP contribution >= 0.6 is 0 Å². The molecule has 8 nitrogen and oxygen atoms in total. The van der Waals surface area contributed by atoms with Gasteiger partial charge < -0.3 is 20.1 Å². The molecule has 4 aromatic rings. The second-order valence-corrected chi connectivity index (χ2v) is 10.5. The number of rotatable bonds is 9. The minimum Gasteiger partial charge on any atom is -0.491 e. The largest absolute Gasteiger partial charge is 0.491 e. The molecule has 0 saturated heterocycles. The van der Waals surface area contributed by atoms with Gasteiger partial charge in [-0.25, -0.2) is 4.98 Å². The number of amides is 1. The summed E-state index contributed by atoms with van der Waals surface area (Å²) in [6, 6.07) is 5.98. The number of hydrogen-bond acceptors (Lipinski definition) is 5. The summed E-state index contributed by atoms with van der Waals surface area (Å²) < 4.78 is 7.82. The minimum absolute atomic E-state index is 0.269. The first-order chi connectivity index (χ1) is 17.5. The van der Waals surface area contributed by atoms with Crippen molar-refractivity contribution in [1.82, 2.24) is 19.7 Å². The van der Waals surface area contributed by atoms with Crippen LogP contribution in [0.4, 0.5) is 5.69 Å². The number of aryl methyl sites for hydroxylation is 2. The Morgan fingerprint density at radius 1 is 1.27 bits per heavy atom. The fraction of sp³-hybridized carbons (Fsp3) is 0.345. The SMILES string of the molecule is C=CC(=O)Nc1cc(-c2c(-c3cnn(CC(C)(C)O)c3)[nH]c3ncc(OCC(C)C)c(C)c23)ccc1C. The number of pyridine rings is 1. The molecule has 0 atom stereocenters. The number of aromatic nitrogens is 4. The standard InChI is InChI=1S/C29H35N5O3/c1-8-24(35)32-22-11-20(10-9-18(22)4)26-25-19(5)23(37-15-17(2)3)13-30-28(25)33-27(26)21-12-31-34(14-21)16-29(6,7)36/h8-14,17,36H,1,15-16H2,2-7H3,(H,30,33)(H,32,35). The molecule has 1 aromatic carbocycles. The van der Waals surface area contributed by atoms with Crippen molar-refractivity contribution in [2.24, 2.45) is 5.92 Å². The van der Waals surface area contributed by atoms with E-state index in [9.17, 15) is 9.90 Å². The second-order valence-electron chi connectivity index (χ2n) is 10.5. The summed E-state index contributed by atoms with van der Waals surface area (Å²) in [5, 5.41) is 18.6. The van der Waals surface area contributed by atoms with Crippen LogP contribution in [-0.4, -0.2) is 43.0 Å². The third kappa shape index (κ3) is 5.75. The van der Waals surface area contributed by atoms with Gasteiger partial charge in [0, 0.05) is 34.0 Å². The lowest BCUT2D eigenvalue weighted by molar-refractivity contribution is -0.111. The Labute approximate surface area is 217 Å². The number of H-pyrrole nitrogens is 1. The Balaban J connectivity index is 1.93. The average Bonchev–Trinajstić information content (AvgIpc) is 3.43. The monoisotopic (exact) mass is 501 g/mol. The quantitative estimate of drug-likeness (QED) is 0.257. The third-order valence-corrected chi connectivity index (χ3v) is 6.05. The zero-order valence-corrected chi connectivity index (χ0v) is 22.3. The van der Waals surface area contributed by atoms with Gasteiger partial charge in [-0.2, -0.15) is 5.10 Å². The van der Waals surface area contributed by atoms with Crippen molar-refractivity contribution >= 4 is 22.6 Å². The molecule has 8 heteroatoms. The lowest BCUT2D eigenvalue weighted by Gasteiger charge is -2.16. The van der Waals surface area contributed by atoms with Crippen LogP contribution in [0.3, 0.4) is 0 Å². The second kappa shape index (κ2) is 10.2. The summed E-state index contributed by atoms with van der Waals surface area (Å²) in [4.78, 5) is 20.3. The van der Waals surface area contributed by atoms with Gasteiger partial charge in [0.15, 0.2) is 0 Å². The molecular formula is C29H35N5O3. The van der Waals surface area contributed by atoms with E-state index in [1.807, 2.05) is 38.2 Å². The van der Waals surface area contributed by atoms with E-state index in [1.165, 1.54) is 6.08 Å². The summed E-state index contributed by atoms with van der Waals surface area (Å²) in [6.07, 6.45) is 6.70. The highest BCUT2D eigenvalue weighted by atomic mass is 16.5. The number of hydrogen-bond donors (Lipinski definition) is 3. The number of anilines is 1. The molecule has 0 bridgehead atoms. The van der Waals surface area contributed by atoms with Crippen LogP contribution in [0, 0.1) is 19.8 Å². The van der Waals surface area contributed by atoms with E-state index in [4.69, 9.17) is 4.74 Å². The van der Waals surface area contributed by atoms with Crippen molar-refractivity contribution in [3.63, 3.8) is 0 Å². The van der Waals surface area contributed by atoms with Gasteiger partial charge in [-0.3, -0.25) is 9.48 Å². The molecular weight excluding hydrogens is 466 g/mol. The van der Waals surface area contributed by atoms with Gasteiger partial charge in [0.1, 0.15) is 11.4 Å². The van der Waals surface area contributed by atoms with Crippen molar-refractivity contribution in [2.45, 2.75) is 53.7 Å². The van der Waals surface area contributed by atoms with E-state index < -0.39 is 5.60 Å². The van der Waals surface area contributed by atoms with Gasteiger partial charge in [0.2, 0.25) is 5.91 Å². The Morgan fingerprint density at radius 3 is 2.70 bits per heavy atom. The Kier molecular flexibility index (Phi) is 7.23. The summed E-state index contributed by atoms with van der Waals surface area (Å²) in [5.74, 6) is 0.846. The number of benzene rings is 1. The van der Waals surface area contributed by atoms with Crippen LogP contribution in [0.5, 0.6) is 5.75 Å². The number of ether oxygens (including phenoxy) is 1. The van der Waals surface area contributed by atoms with Gasteiger partial charge in [0.25, 0.3) is 0 Å². The Hall–Kier alpha value is -3.91. The number of nitrogens with zero attached hydrogens (tertiary/aromatic N) is 3. The fourth-order valence-corrected chi connectivity index (χ4v) is 4.27. The zero-order chi connectivity index (χ0) is 26.9. The summed E-state index contributed by atoms with van der Waals surface area (Å²) in [5.41, 5.74) is 6.00. The van der Waals surface area contributed by atoms with Crippen molar-refractivity contribution in [2.75, 3.05) is 11.9 Å². The first-order valence-electron chi connectivity index (χ1n) is 12.4. The maximum Gasteiger partial charge on any atom is 0.247 e. The van der Waals surface area contributed by atoms with E-state index in [2.05, 4.69) is 40.8 Å². The first-order valence-corrected chi connectivity index (χ1v) is 12.4. The van der Waals surface area contributed by atoms with Gasteiger partial charge in [-0.15, -0.1) is 0 Å². The molecule has 0 aliphatic heterocycles. The molecule has 0 aliphatic rings. The van der Waals surface area contributed by atoms with E-state index in [-0.39, 0.29) is 5.91 Å². The highest BCUT2D eigenvalue weighted by molar-refractivity contribution is 6.06. The molecule has 0 spiro atoms. The number of carbonyl (C=O) groups excluding carboxylic acids is 1. The van der Waals surface area contributed by atoms with E-state index in [0.717, 1.165) is 50.3 Å². The molecule has 0 unspecified atom stereocenters. The molecule has 1 amide bonds. The molecule has 4 rings (SSSR count). The Morgan fingerprint density at radius 2 is 2.03 bits per heavy atom. The highest BCUT2D eigenvalue weighted by Gasteiger charge is 2.22. The Bertz CT molecular complexity index is 1460. The van der Waals surface area contributed by atoms with Crippen molar-refractivity contribution in [3.8, 4) is 28.1 Å². The van der Waals surface area contributed by atoms with Gasteiger partial charge in [0.05, 0.1) is 36.8 Å². The van der Waals surface area contributed by atoms with Crippen LogP contribution in [0.2, 0.25) is 0 Å². The number of aliphatic hydroxyl groups is 1. The summed E-state index contributed by atoms with van der Waals surface area (Å²) >= 11 is 0. The van der Waals surface area contributed by atoms with Crippen molar-refractivity contribution in [3.05, 3.63) is 60.6 Å². The molecule has 194 valence electrons. The lowest BCUT2D eigenvalue weighted by atomic mass is 9.96. The van der Waals surface area contributed by atoms with Crippen molar-refractivity contribution in [1.29, 1.82) is 0 Å². The lowest BCUT2D eigenvalue weighted by Crippen LogP contribution is -2.26. The number of fused-ring (bicyclic) bond motifs is 1. The molecule has 37 heavy (non-hydrogen) atoms. The van der Waals surface area contributed by atoms with Crippen LogP contribution < -0.4 is 10.1 Å². The highest BCUT2D eigenvalue weighted by Crippen LogP contribution is 2.42. The van der Waals surface area contributed by atoms with E-state index >= 15 is 0 Å². The normalized spacial score (nSPS) is 11.8. The van der Waals surface area contributed by atoms with E-state index in [0.29, 0.717) is 24.8 Å². The molecule has 0 aliphatic carbocycles. The summed E-state index contributed by atoms with van der Waals surface area (Å²) in [6.45, 7) is 16.2. The average molecular weight is 502 g/mol. The van der Waals surface area contributed by atoms with Crippen LogP contribution in [-0.2, 0) is 11.3 Å². The van der Waals surface area contributed by atoms with Crippen LogP contribution in [0.25, 0.3) is 33.4 Å². The van der Waals surface area contributed by atoms with Crippen molar-refractivity contribution < 1.29 is 14.6 Å². The van der Waals surface area contributed by atoms with E-state index in [1.54, 1.807) is 30.9 Å². The smallest absolute Gasteiger partial charge is 0.247 e. The molecule has 3 heterocycles. The predicted octanol–water partition coefficient (Wildman–Crippen LogP) is 5.64. The number of carbonyl (C=O) groups is 1. The van der Waals surface area contributed by atoms with Gasteiger partial charge >= 0.3 is 0 Å². The minimum atomic E-state index is -0.900. The zero-order valence-electron chi connectivity index (χ0n) is 22.3. The van der Waals surface area contributed by atoms with Crippen LogP contribution in [0.15, 0.2) is 49.4 Å². The van der Waals surface area contributed by atoms with Crippen LogP contribution in [0.1, 0.15) is 38.8 Å². The predicted molar refractivity (Wildman–Crippen MR) is 148 cm³/mol. The summed E-state index contributed by atoms with van der Waals surface area (Å²) in [7, 11) is 0.